The number of ether oxygens (including phenoxy) is 2. The maximum atomic E-state index is 12.7. The standard InChI is InChI=1S/C23H28Cl2N4O7S4/c24-18-9-16(39(31,32)28-22-11-26-5-7-37-22)1-3-20(18)35-13-15(30)14-36-21-4-2-17(10-19(21)25)40(33,34)29-23-12-27-6-8-38-23/h1-4,9-10,22-23,26-29H,5-8,11-14H2. The molecule has 0 amide bonds. The molecule has 0 bridgehead atoms. The van der Waals surface area contributed by atoms with Gasteiger partial charge < -0.3 is 20.1 Å². The molecule has 0 saturated carbocycles. The van der Waals surface area contributed by atoms with Crippen molar-refractivity contribution in [3.63, 3.8) is 0 Å². The zero-order chi connectivity index (χ0) is 28.8. The van der Waals surface area contributed by atoms with Crippen molar-refractivity contribution in [1.82, 2.24) is 20.1 Å². The number of carbonyl (C=O) groups is 1. The molecule has 0 aliphatic carbocycles. The second-order valence-electron chi connectivity index (χ2n) is 8.67. The van der Waals surface area contributed by atoms with Gasteiger partial charge in [-0.15, -0.1) is 23.5 Å². The molecule has 220 valence electrons. The Labute approximate surface area is 251 Å². The number of nitrogens with one attached hydrogen (secondary N) is 4. The highest BCUT2D eigenvalue weighted by molar-refractivity contribution is 8.01. The maximum Gasteiger partial charge on any atom is 0.241 e. The Balaban J connectivity index is 1.28. The zero-order valence-corrected chi connectivity index (χ0v) is 25.8. The van der Waals surface area contributed by atoms with Crippen LogP contribution in [-0.2, 0) is 24.8 Å². The van der Waals surface area contributed by atoms with E-state index in [2.05, 4.69) is 20.1 Å². The molecule has 2 fully saturated rings. The van der Waals surface area contributed by atoms with Gasteiger partial charge in [0.05, 0.1) is 30.6 Å². The zero-order valence-electron chi connectivity index (χ0n) is 21.0. The summed E-state index contributed by atoms with van der Waals surface area (Å²) in [4.78, 5) is 12.3. The van der Waals surface area contributed by atoms with E-state index in [-0.39, 0.29) is 42.1 Å². The summed E-state index contributed by atoms with van der Waals surface area (Å²) < 4.78 is 66.8. The molecule has 2 atom stereocenters. The van der Waals surface area contributed by atoms with Crippen LogP contribution in [0, 0.1) is 0 Å². The summed E-state index contributed by atoms with van der Waals surface area (Å²) in [5, 5.41) is 5.75. The first-order chi connectivity index (χ1) is 19.0. The molecule has 2 heterocycles. The molecule has 2 aliphatic rings. The minimum Gasteiger partial charge on any atom is -0.484 e. The molecule has 2 aromatic carbocycles. The van der Waals surface area contributed by atoms with E-state index in [1.807, 2.05) is 0 Å². The fourth-order valence-corrected chi connectivity index (χ4v) is 9.29. The third-order valence-corrected chi connectivity index (χ3v) is 11.7. The molecule has 0 radical (unpaired) electrons. The fourth-order valence-electron chi connectivity index (χ4n) is 3.65. The van der Waals surface area contributed by atoms with Crippen molar-refractivity contribution in [2.45, 2.75) is 20.5 Å². The number of Topliss-reactive ketones (excluding diaryl/α,β-unsaturated/α-hetero) is 1. The molecule has 0 aromatic heterocycles. The van der Waals surface area contributed by atoms with E-state index >= 15 is 0 Å². The summed E-state index contributed by atoms with van der Waals surface area (Å²) >= 11 is 15.5. The number of hydrogen-bond acceptors (Lipinski definition) is 11. The van der Waals surface area contributed by atoms with Crippen molar-refractivity contribution < 1.29 is 31.1 Å². The lowest BCUT2D eigenvalue weighted by molar-refractivity contribution is -0.123. The molecule has 4 N–H and O–H groups in total. The SMILES string of the molecule is O=C(COc1ccc(S(=O)(=O)NC2CNCCS2)cc1Cl)COc1ccc(S(=O)(=O)NC2CNCCS2)cc1Cl. The summed E-state index contributed by atoms with van der Waals surface area (Å²) in [6.07, 6.45) is 0. The van der Waals surface area contributed by atoms with Crippen molar-refractivity contribution >= 4 is 72.6 Å². The number of thioether (sulfide) groups is 2. The van der Waals surface area contributed by atoms with Gasteiger partial charge in [0.25, 0.3) is 0 Å². The van der Waals surface area contributed by atoms with Crippen LogP contribution in [0.4, 0.5) is 0 Å². The van der Waals surface area contributed by atoms with Crippen LogP contribution in [0.2, 0.25) is 10.0 Å². The van der Waals surface area contributed by atoms with Crippen LogP contribution < -0.4 is 29.6 Å². The molecule has 17 heteroatoms. The van der Waals surface area contributed by atoms with E-state index in [4.69, 9.17) is 32.7 Å². The predicted molar refractivity (Wildman–Crippen MR) is 158 cm³/mol. The predicted octanol–water partition coefficient (Wildman–Crippen LogP) is 1.90. The second-order valence-corrected chi connectivity index (χ2v) is 15.5. The van der Waals surface area contributed by atoms with Crippen molar-refractivity contribution in [1.29, 1.82) is 0 Å². The van der Waals surface area contributed by atoms with E-state index < -0.39 is 39.0 Å². The van der Waals surface area contributed by atoms with E-state index in [0.29, 0.717) is 13.1 Å². The summed E-state index contributed by atoms with van der Waals surface area (Å²) in [7, 11) is -7.58. The normalized spacial score (nSPS) is 20.1. The van der Waals surface area contributed by atoms with Crippen molar-refractivity contribution in [2.24, 2.45) is 0 Å². The van der Waals surface area contributed by atoms with Crippen LogP contribution in [0.5, 0.6) is 11.5 Å². The maximum absolute atomic E-state index is 12.7. The molecular formula is C23H28Cl2N4O7S4. The Morgan fingerprint density at radius 3 is 1.57 bits per heavy atom. The lowest BCUT2D eigenvalue weighted by Gasteiger charge is -2.23. The third-order valence-electron chi connectivity index (χ3n) is 5.63. The van der Waals surface area contributed by atoms with Crippen LogP contribution in [0.25, 0.3) is 0 Å². The minimum absolute atomic E-state index is 0.0184. The van der Waals surface area contributed by atoms with Crippen molar-refractivity contribution in [3.8, 4) is 11.5 Å². The first kappa shape index (κ1) is 31.7. The van der Waals surface area contributed by atoms with E-state index in [1.165, 1.54) is 59.9 Å². The average Bonchev–Trinajstić information content (AvgIpc) is 2.92. The highest BCUT2D eigenvalue weighted by Gasteiger charge is 2.24. The van der Waals surface area contributed by atoms with E-state index in [9.17, 15) is 21.6 Å². The van der Waals surface area contributed by atoms with E-state index in [0.717, 1.165) is 24.6 Å². The van der Waals surface area contributed by atoms with Crippen LogP contribution in [0.1, 0.15) is 0 Å². The van der Waals surface area contributed by atoms with Gasteiger partial charge in [-0.3, -0.25) is 4.79 Å². The summed E-state index contributed by atoms with van der Waals surface area (Å²) in [5.41, 5.74) is 0. The number of carbonyl (C=O) groups excluding carboxylic acids is 1. The van der Waals surface area contributed by atoms with Gasteiger partial charge in [0, 0.05) is 37.7 Å². The monoisotopic (exact) mass is 670 g/mol. The van der Waals surface area contributed by atoms with Crippen LogP contribution in [-0.4, -0.2) is 84.3 Å². The molecule has 2 aliphatic heterocycles. The van der Waals surface area contributed by atoms with Gasteiger partial charge in [0.2, 0.25) is 25.8 Å². The molecule has 0 spiro atoms. The summed E-state index contributed by atoms with van der Waals surface area (Å²) in [5.74, 6) is 1.41. The van der Waals surface area contributed by atoms with Gasteiger partial charge in [0.1, 0.15) is 11.5 Å². The average molecular weight is 672 g/mol. The summed E-state index contributed by atoms with van der Waals surface area (Å²) in [6.45, 7) is 1.90. The Morgan fingerprint density at radius 1 is 0.800 bits per heavy atom. The van der Waals surface area contributed by atoms with Gasteiger partial charge in [-0.25, -0.2) is 16.8 Å². The number of ketones is 1. The first-order valence-corrected chi connectivity index (χ1v) is 17.9. The Bertz CT molecular complexity index is 1310. The summed E-state index contributed by atoms with van der Waals surface area (Å²) in [6, 6.07) is 7.97. The van der Waals surface area contributed by atoms with E-state index in [1.54, 1.807) is 0 Å². The topological polar surface area (TPSA) is 152 Å². The highest BCUT2D eigenvalue weighted by atomic mass is 35.5. The van der Waals surface area contributed by atoms with Gasteiger partial charge in [0.15, 0.2) is 13.2 Å². The molecule has 2 unspecified atom stereocenters. The number of halogens is 2. The van der Waals surface area contributed by atoms with Gasteiger partial charge in [-0.05, 0) is 36.4 Å². The largest absolute Gasteiger partial charge is 0.484 e. The Morgan fingerprint density at radius 2 is 1.23 bits per heavy atom. The highest BCUT2D eigenvalue weighted by Crippen LogP contribution is 2.29. The van der Waals surface area contributed by atoms with Crippen LogP contribution >= 0.6 is 46.7 Å². The third kappa shape index (κ3) is 8.86. The van der Waals surface area contributed by atoms with Crippen LogP contribution in [0.15, 0.2) is 46.2 Å². The first-order valence-electron chi connectivity index (χ1n) is 12.1. The fraction of sp³-hybridized carbons (Fsp3) is 0.435. The second kappa shape index (κ2) is 14.3. The smallest absolute Gasteiger partial charge is 0.241 e. The number of rotatable bonds is 12. The molecule has 2 aromatic rings. The Hall–Kier alpha value is -1.27. The quantitative estimate of drug-likeness (QED) is 0.262. The molecule has 11 nitrogen and oxygen atoms in total. The Kier molecular flexibility index (Phi) is 11.3. The number of hydrogen-bond donors (Lipinski definition) is 4. The van der Waals surface area contributed by atoms with Gasteiger partial charge in [-0.2, -0.15) is 9.44 Å². The number of sulfonamides is 2. The molecule has 40 heavy (non-hydrogen) atoms. The van der Waals surface area contributed by atoms with Crippen molar-refractivity contribution in [3.05, 3.63) is 46.4 Å². The molecule has 2 saturated heterocycles. The molecule has 4 rings (SSSR count). The van der Waals surface area contributed by atoms with Crippen LogP contribution in [0.3, 0.4) is 0 Å². The van der Waals surface area contributed by atoms with Gasteiger partial charge >= 0.3 is 0 Å². The minimum atomic E-state index is -3.79. The number of benzene rings is 2. The lowest BCUT2D eigenvalue weighted by Crippen LogP contribution is -2.44. The van der Waals surface area contributed by atoms with Crippen molar-refractivity contribution in [2.75, 3.05) is 50.9 Å². The lowest BCUT2D eigenvalue weighted by atomic mass is 10.3. The molecular weight excluding hydrogens is 643 g/mol. The van der Waals surface area contributed by atoms with Gasteiger partial charge in [-0.1, -0.05) is 23.2 Å².